The van der Waals surface area contributed by atoms with E-state index in [0.29, 0.717) is 0 Å². The second kappa shape index (κ2) is 11.9. The molecule has 1 heterocycles. The Kier molecular flexibility index (Phi) is 8.54. The molecule has 1 saturated heterocycles. The fraction of sp³-hybridized carbons (Fsp3) is 0.286. The number of carbonyl (C=O) groups is 2. The van der Waals surface area contributed by atoms with Gasteiger partial charge in [-0.2, -0.15) is 0 Å². The molecule has 3 aromatic rings. The summed E-state index contributed by atoms with van der Waals surface area (Å²) < 4.78 is 16.2. The van der Waals surface area contributed by atoms with Gasteiger partial charge in [-0.1, -0.05) is 30.3 Å². The first-order valence-electron chi connectivity index (χ1n) is 12.3. The smallest absolute Gasteiger partial charge is 0.338 e. The first-order valence-corrected chi connectivity index (χ1v) is 12.3. The lowest BCUT2D eigenvalue weighted by molar-refractivity contribution is -0.277. The highest BCUT2D eigenvalue weighted by atomic mass is 16.7. The molecule has 3 aromatic carbocycles. The molecule has 0 bridgehead atoms. The van der Waals surface area contributed by atoms with E-state index in [-0.39, 0.29) is 46.5 Å². The number of ether oxygens (including phenoxy) is 3. The van der Waals surface area contributed by atoms with Crippen molar-refractivity contribution in [3.63, 3.8) is 0 Å². The van der Waals surface area contributed by atoms with Crippen LogP contribution in [0.15, 0.2) is 42.5 Å². The normalized spacial score (nSPS) is 22.2. The zero-order valence-electron chi connectivity index (χ0n) is 21.5. The van der Waals surface area contributed by atoms with Gasteiger partial charge in [0.05, 0.1) is 11.1 Å². The van der Waals surface area contributed by atoms with Crippen LogP contribution < -0.4 is 4.74 Å². The third kappa shape index (κ3) is 5.83. The quantitative estimate of drug-likeness (QED) is 0.107. The van der Waals surface area contributed by atoms with E-state index in [1.54, 1.807) is 30.3 Å². The Morgan fingerprint density at radius 2 is 1.54 bits per heavy atom. The summed E-state index contributed by atoms with van der Waals surface area (Å²) in [4.78, 5) is 24.4. The van der Waals surface area contributed by atoms with Gasteiger partial charge in [-0.25, -0.2) is 4.79 Å². The fourth-order valence-electron chi connectivity index (χ4n) is 4.38. The van der Waals surface area contributed by atoms with Crippen LogP contribution in [0.3, 0.4) is 0 Å². The Balaban J connectivity index is 1.56. The van der Waals surface area contributed by atoms with Crippen molar-refractivity contribution in [2.75, 3.05) is 6.61 Å². The predicted molar refractivity (Wildman–Crippen MR) is 138 cm³/mol. The molecule has 0 unspecified atom stereocenters. The molecule has 41 heavy (non-hydrogen) atoms. The second-order valence-electron chi connectivity index (χ2n) is 9.42. The van der Waals surface area contributed by atoms with Gasteiger partial charge in [-0.15, -0.1) is 0 Å². The Morgan fingerprint density at radius 3 is 2.15 bits per heavy atom. The molecule has 13 heteroatoms. The summed E-state index contributed by atoms with van der Waals surface area (Å²) in [5.41, 5.74) is 0.0881. The topological polar surface area (TPSA) is 224 Å². The minimum Gasteiger partial charge on any atom is -0.507 e. The summed E-state index contributed by atoms with van der Waals surface area (Å²) in [6.45, 7) is 0.686. The van der Waals surface area contributed by atoms with Crippen LogP contribution in [0.5, 0.6) is 34.5 Å². The lowest BCUT2D eigenvalue weighted by atomic mass is 9.96. The highest BCUT2D eigenvalue weighted by Gasteiger charge is 2.46. The van der Waals surface area contributed by atoms with Gasteiger partial charge >= 0.3 is 5.97 Å². The summed E-state index contributed by atoms with van der Waals surface area (Å²) in [6, 6.07) is 10.5. The molecule has 0 aliphatic carbocycles. The zero-order valence-corrected chi connectivity index (χ0v) is 21.5. The van der Waals surface area contributed by atoms with E-state index in [1.807, 2.05) is 0 Å². The number of aldehydes is 1. The number of esters is 1. The Hall–Kier alpha value is -4.56. The molecule has 218 valence electrons. The van der Waals surface area contributed by atoms with Crippen LogP contribution in [0.4, 0.5) is 0 Å². The van der Waals surface area contributed by atoms with Gasteiger partial charge in [0.15, 0.2) is 23.5 Å². The van der Waals surface area contributed by atoms with E-state index in [4.69, 9.17) is 14.2 Å². The monoisotopic (exact) mass is 572 g/mol. The Morgan fingerprint density at radius 1 is 0.902 bits per heavy atom. The zero-order chi connectivity index (χ0) is 30.0. The van der Waals surface area contributed by atoms with Gasteiger partial charge in [0, 0.05) is 17.5 Å². The molecule has 0 spiro atoms. The molecule has 8 N–H and O–H groups in total. The van der Waals surface area contributed by atoms with E-state index in [9.17, 15) is 50.4 Å². The number of phenolic OH excluding ortho intramolecular Hbond substituents is 5. The highest BCUT2D eigenvalue weighted by Crippen LogP contribution is 2.43. The second-order valence-corrected chi connectivity index (χ2v) is 9.42. The number of hydrogen-bond acceptors (Lipinski definition) is 13. The summed E-state index contributed by atoms with van der Waals surface area (Å²) in [7, 11) is 0. The number of carbonyl (C=O) groups excluding carboxylic acids is 2. The number of aliphatic hydroxyl groups is 3. The van der Waals surface area contributed by atoms with Crippen LogP contribution in [0.1, 0.15) is 37.4 Å². The molecule has 1 fully saturated rings. The van der Waals surface area contributed by atoms with Crippen LogP contribution in [-0.2, 0) is 15.9 Å². The van der Waals surface area contributed by atoms with Gasteiger partial charge in [0.2, 0.25) is 6.29 Å². The molecular formula is C28H28O13. The molecule has 5 atom stereocenters. The molecule has 0 radical (unpaired) electrons. The van der Waals surface area contributed by atoms with Crippen molar-refractivity contribution >= 4 is 12.3 Å². The number of benzene rings is 3. The van der Waals surface area contributed by atoms with Crippen molar-refractivity contribution in [3.05, 3.63) is 70.3 Å². The first-order chi connectivity index (χ1) is 19.4. The van der Waals surface area contributed by atoms with Gasteiger partial charge in [-0.3, -0.25) is 4.79 Å². The average molecular weight is 573 g/mol. The lowest BCUT2D eigenvalue weighted by Crippen LogP contribution is -2.60. The molecule has 0 aromatic heterocycles. The minimum atomic E-state index is -1.88. The van der Waals surface area contributed by atoms with Gasteiger partial charge in [0.25, 0.3) is 0 Å². The molecular weight excluding hydrogens is 544 g/mol. The molecule has 0 saturated carbocycles. The largest absolute Gasteiger partial charge is 0.507 e. The number of rotatable bonds is 8. The summed E-state index contributed by atoms with van der Waals surface area (Å²) in [5.74, 6) is -4.85. The van der Waals surface area contributed by atoms with E-state index >= 15 is 0 Å². The molecule has 1 aliphatic heterocycles. The Bertz CT molecular complexity index is 1420. The standard InChI is InChI=1S/C28H28O13/c1-12-20(32)15(7-13-5-3-2-4-6-13)21(33)16(10-29)26(12)41-28-25(37)24(36)23(35)19(40-28)11-39-27(38)14-8-17(30)22(34)18(31)9-14/h2-6,8-10,19,23-25,28,30-37H,7,11H2,1H3/t19-,23-,24+,25-,28+/m1/s1. The summed E-state index contributed by atoms with van der Waals surface area (Å²) in [5, 5.41) is 81.6. The van der Waals surface area contributed by atoms with Crippen LogP contribution in [0.2, 0.25) is 0 Å². The summed E-state index contributed by atoms with van der Waals surface area (Å²) in [6.07, 6.45) is -8.42. The maximum Gasteiger partial charge on any atom is 0.338 e. The maximum absolute atomic E-state index is 12.4. The van der Waals surface area contributed by atoms with Crippen LogP contribution in [0, 0.1) is 6.92 Å². The molecule has 0 amide bonds. The number of aromatic hydroxyl groups is 5. The van der Waals surface area contributed by atoms with Crippen LogP contribution >= 0.6 is 0 Å². The average Bonchev–Trinajstić information content (AvgIpc) is 2.96. The van der Waals surface area contributed by atoms with Crippen molar-refractivity contribution in [1.29, 1.82) is 0 Å². The molecule has 4 rings (SSSR count). The SMILES string of the molecule is Cc1c(O)c(Cc2ccccc2)c(O)c(C=O)c1O[C@@H]1O[C@H](COC(=O)c2cc(O)c(O)c(O)c2)[C@@H](O)[C@H](O)[C@H]1O. The summed E-state index contributed by atoms with van der Waals surface area (Å²) >= 11 is 0. The van der Waals surface area contributed by atoms with Gasteiger partial charge in [0.1, 0.15) is 48.3 Å². The van der Waals surface area contributed by atoms with Crippen LogP contribution in [-0.4, -0.2) is 90.4 Å². The van der Waals surface area contributed by atoms with Crippen molar-refractivity contribution in [1.82, 2.24) is 0 Å². The lowest BCUT2D eigenvalue weighted by Gasteiger charge is -2.40. The van der Waals surface area contributed by atoms with E-state index in [0.717, 1.165) is 17.7 Å². The van der Waals surface area contributed by atoms with Crippen molar-refractivity contribution in [2.24, 2.45) is 0 Å². The first kappa shape index (κ1) is 29.4. The number of hydrogen-bond donors (Lipinski definition) is 8. The predicted octanol–water partition coefficient (Wildman–Crippen LogP) is 0.970. The van der Waals surface area contributed by atoms with E-state index < -0.39 is 66.3 Å². The molecule has 1 aliphatic rings. The maximum atomic E-state index is 12.4. The minimum absolute atomic E-state index is 0.0159. The van der Waals surface area contributed by atoms with Gasteiger partial charge < -0.3 is 55.1 Å². The fourth-order valence-corrected chi connectivity index (χ4v) is 4.38. The highest BCUT2D eigenvalue weighted by molar-refractivity contribution is 5.91. The van der Waals surface area contributed by atoms with Crippen molar-refractivity contribution < 1.29 is 64.7 Å². The molecule has 13 nitrogen and oxygen atoms in total. The van der Waals surface area contributed by atoms with Crippen molar-refractivity contribution in [3.8, 4) is 34.5 Å². The van der Waals surface area contributed by atoms with Crippen LogP contribution in [0.25, 0.3) is 0 Å². The third-order valence-electron chi connectivity index (χ3n) is 6.70. The Labute approximate surface area is 232 Å². The number of phenols is 5. The number of aliphatic hydroxyl groups excluding tert-OH is 3. The van der Waals surface area contributed by atoms with E-state index in [1.165, 1.54) is 6.92 Å². The van der Waals surface area contributed by atoms with Gasteiger partial charge in [-0.05, 0) is 24.6 Å². The van der Waals surface area contributed by atoms with Crippen molar-refractivity contribution in [2.45, 2.75) is 44.1 Å². The van der Waals surface area contributed by atoms with E-state index in [2.05, 4.69) is 0 Å². The third-order valence-corrected chi connectivity index (χ3v) is 6.70.